The van der Waals surface area contributed by atoms with Gasteiger partial charge in [0.05, 0.1) is 13.0 Å². The SMILES string of the molecule is COC(=O)[C@@H]1CC(=O)c2ccsc2C1. The van der Waals surface area contributed by atoms with Crippen LogP contribution in [0.25, 0.3) is 0 Å². The van der Waals surface area contributed by atoms with Crippen LogP contribution in [0.4, 0.5) is 0 Å². The summed E-state index contributed by atoms with van der Waals surface area (Å²) in [6.45, 7) is 0. The first-order valence-electron chi connectivity index (χ1n) is 4.39. The van der Waals surface area contributed by atoms with Crippen molar-refractivity contribution < 1.29 is 14.3 Å². The summed E-state index contributed by atoms with van der Waals surface area (Å²) < 4.78 is 4.64. The lowest BCUT2D eigenvalue weighted by Crippen LogP contribution is -2.26. The van der Waals surface area contributed by atoms with Crippen LogP contribution in [0, 0.1) is 5.92 Å². The van der Waals surface area contributed by atoms with Crippen molar-refractivity contribution in [1.29, 1.82) is 0 Å². The molecule has 3 nitrogen and oxygen atoms in total. The molecule has 2 rings (SSSR count). The summed E-state index contributed by atoms with van der Waals surface area (Å²) in [7, 11) is 1.36. The maximum absolute atomic E-state index is 11.6. The summed E-state index contributed by atoms with van der Waals surface area (Å²) in [5.41, 5.74) is 0.787. The Morgan fingerprint density at radius 3 is 3.07 bits per heavy atom. The number of carbonyl (C=O) groups excluding carboxylic acids is 2. The highest BCUT2D eigenvalue weighted by molar-refractivity contribution is 7.10. The van der Waals surface area contributed by atoms with Crippen LogP contribution in [-0.4, -0.2) is 18.9 Å². The summed E-state index contributed by atoms with van der Waals surface area (Å²) in [5, 5.41) is 1.89. The largest absolute Gasteiger partial charge is 0.469 e. The van der Waals surface area contributed by atoms with E-state index in [1.54, 1.807) is 0 Å². The van der Waals surface area contributed by atoms with Gasteiger partial charge in [0, 0.05) is 16.9 Å². The van der Waals surface area contributed by atoms with E-state index in [1.807, 2.05) is 11.4 Å². The van der Waals surface area contributed by atoms with Crippen LogP contribution in [0.15, 0.2) is 11.4 Å². The lowest BCUT2D eigenvalue weighted by molar-refractivity contribution is -0.145. The van der Waals surface area contributed by atoms with Gasteiger partial charge in [-0.1, -0.05) is 0 Å². The van der Waals surface area contributed by atoms with Crippen molar-refractivity contribution in [3.05, 3.63) is 21.9 Å². The predicted octanol–water partition coefficient (Wildman–Crippen LogP) is 1.67. The number of carbonyl (C=O) groups is 2. The van der Waals surface area contributed by atoms with Gasteiger partial charge in [-0.2, -0.15) is 0 Å². The molecule has 0 amide bonds. The Morgan fingerprint density at radius 1 is 1.57 bits per heavy atom. The fourth-order valence-corrected chi connectivity index (χ4v) is 2.68. The molecule has 0 bridgehead atoms. The molecule has 0 saturated carbocycles. The normalized spacial score (nSPS) is 20.4. The maximum atomic E-state index is 11.6. The average Bonchev–Trinajstić information content (AvgIpc) is 2.64. The van der Waals surface area contributed by atoms with Crippen LogP contribution in [0.2, 0.25) is 0 Å². The third-order valence-corrected chi connectivity index (χ3v) is 3.39. The smallest absolute Gasteiger partial charge is 0.309 e. The Hall–Kier alpha value is -1.16. The molecule has 0 aliphatic heterocycles. The molecule has 4 heteroatoms. The lowest BCUT2D eigenvalue weighted by Gasteiger charge is -2.18. The van der Waals surface area contributed by atoms with Gasteiger partial charge in [-0.25, -0.2) is 0 Å². The fraction of sp³-hybridized carbons (Fsp3) is 0.400. The van der Waals surface area contributed by atoms with Gasteiger partial charge in [-0.15, -0.1) is 11.3 Å². The van der Waals surface area contributed by atoms with E-state index in [2.05, 4.69) is 4.74 Å². The van der Waals surface area contributed by atoms with Crippen molar-refractivity contribution in [2.75, 3.05) is 7.11 Å². The zero-order chi connectivity index (χ0) is 10.1. The van der Waals surface area contributed by atoms with Gasteiger partial charge in [0.1, 0.15) is 0 Å². The van der Waals surface area contributed by atoms with E-state index in [0.29, 0.717) is 6.42 Å². The Balaban J connectivity index is 2.25. The molecule has 0 aromatic carbocycles. The predicted molar refractivity (Wildman–Crippen MR) is 52.5 cm³/mol. The highest BCUT2D eigenvalue weighted by Gasteiger charge is 2.31. The third-order valence-electron chi connectivity index (χ3n) is 2.44. The van der Waals surface area contributed by atoms with E-state index in [4.69, 9.17) is 0 Å². The molecule has 0 unspecified atom stereocenters. The molecule has 0 saturated heterocycles. The lowest BCUT2D eigenvalue weighted by atomic mass is 9.88. The molecule has 0 spiro atoms. The minimum atomic E-state index is -0.280. The average molecular weight is 210 g/mol. The van der Waals surface area contributed by atoms with E-state index >= 15 is 0 Å². The number of esters is 1. The molecule has 1 aromatic rings. The number of Topliss-reactive ketones (excluding diaryl/α,β-unsaturated/α-hetero) is 1. The summed E-state index contributed by atoms with van der Waals surface area (Å²) in [6.07, 6.45) is 0.932. The zero-order valence-electron chi connectivity index (χ0n) is 7.78. The van der Waals surface area contributed by atoms with Crippen LogP contribution in [0.1, 0.15) is 21.7 Å². The van der Waals surface area contributed by atoms with E-state index in [9.17, 15) is 9.59 Å². The van der Waals surface area contributed by atoms with Gasteiger partial charge >= 0.3 is 5.97 Å². The first-order valence-corrected chi connectivity index (χ1v) is 5.27. The topological polar surface area (TPSA) is 43.4 Å². The van der Waals surface area contributed by atoms with Gasteiger partial charge in [-0.3, -0.25) is 9.59 Å². The van der Waals surface area contributed by atoms with Crippen LogP contribution in [0.5, 0.6) is 0 Å². The molecule has 1 aliphatic rings. The quantitative estimate of drug-likeness (QED) is 0.662. The minimum Gasteiger partial charge on any atom is -0.469 e. The first-order chi connectivity index (χ1) is 6.72. The number of ether oxygens (including phenoxy) is 1. The number of fused-ring (bicyclic) bond motifs is 1. The van der Waals surface area contributed by atoms with Crippen molar-refractivity contribution in [3.8, 4) is 0 Å². The van der Waals surface area contributed by atoms with Crippen LogP contribution >= 0.6 is 11.3 Å². The number of hydrogen-bond acceptors (Lipinski definition) is 4. The summed E-state index contributed by atoms with van der Waals surface area (Å²) in [4.78, 5) is 23.9. The fourth-order valence-electron chi connectivity index (χ4n) is 1.71. The van der Waals surface area contributed by atoms with E-state index in [-0.39, 0.29) is 24.1 Å². The molecule has 74 valence electrons. The Kier molecular flexibility index (Phi) is 2.37. The van der Waals surface area contributed by atoms with E-state index in [0.717, 1.165) is 10.4 Å². The molecule has 1 heterocycles. The number of ketones is 1. The van der Waals surface area contributed by atoms with E-state index in [1.165, 1.54) is 18.4 Å². The second-order valence-corrected chi connectivity index (χ2v) is 4.31. The molecular weight excluding hydrogens is 200 g/mol. The Morgan fingerprint density at radius 2 is 2.36 bits per heavy atom. The molecule has 0 radical (unpaired) electrons. The van der Waals surface area contributed by atoms with Gasteiger partial charge in [0.2, 0.25) is 0 Å². The zero-order valence-corrected chi connectivity index (χ0v) is 8.60. The maximum Gasteiger partial charge on any atom is 0.309 e. The minimum absolute atomic E-state index is 0.0582. The monoisotopic (exact) mass is 210 g/mol. The second kappa shape index (κ2) is 3.53. The second-order valence-electron chi connectivity index (χ2n) is 3.31. The standard InChI is InChI=1S/C10H10O3S/c1-13-10(12)6-4-8(11)7-2-3-14-9(7)5-6/h2-3,6H,4-5H2,1H3/t6-/m1/s1. The van der Waals surface area contributed by atoms with E-state index < -0.39 is 0 Å². The first kappa shape index (κ1) is 9.40. The molecule has 0 fully saturated rings. The van der Waals surface area contributed by atoms with Gasteiger partial charge in [-0.05, 0) is 17.9 Å². The van der Waals surface area contributed by atoms with Crippen molar-refractivity contribution in [3.63, 3.8) is 0 Å². The molecule has 14 heavy (non-hydrogen) atoms. The highest BCUT2D eigenvalue weighted by atomic mass is 32.1. The van der Waals surface area contributed by atoms with Crippen molar-refractivity contribution in [2.24, 2.45) is 5.92 Å². The summed E-state index contributed by atoms with van der Waals surface area (Å²) >= 11 is 1.53. The van der Waals surface area contributed by atoms with Gasteiger partial charge < -0.3 is 4.74 Å². The van der Waals surface area contributed by atoms with Gasteiger partial charge in [0.15, 0.2) is 5.78 Å². The van der Waals surface area contributed by atoms with Crippen molar-refractivity contribution in [2.45, 2.75) is 12.8 Å². The molecule has 1 atom stereocenters. The number of rotatable bonds is 1. The molecule has 0 N–H and O–H groups in total. The van der Waals surface area contributed by atoms with Crippen LogP contribution in [-0.2, 0) is 16.0 Å². The molecule has 1 aliphatic carbocycles. The van der Waals surface area contributed by atoms with Crippen LogP contribution in [0.3, 0.4) is 0 Å². The van der Waals surface area contributed by atoms with Crippen molar-refractivity contribution >= 4 is 23.1 Å². The Labute approximate surface area is 85.7 Å². The highest BCUT2D eigenvalue weighted by Crippen LogP contribution is 2.29. The summed E-state index contributed by atoms with van der Waals surface area (Å²) in [5.74, 6) is -0.501. The van der Waals surface area contributed by atoms with Crippen molar-refractivity contribution in [1.82, 2.24) is 0 Å². The van der Waals surface area contributed by atoms with Gasteiger partial charge in [0.25, 0.3) is 0 Å². The number of thiophene rings is 1. The number of hydrogen-bond donors (Lipinski definition) is 0. The molecular formula is C10H10O3S. The summed E-state index contributed by atoms with van der Waals surface area (Å²) in [6, 6.07) is 1.83. The van der Waals surface area contributed by atoms with Crippen LogP contribution < -0.4 is 0 Å². The third kappa shape index (κ3) is 1.46. The number of methoxy groups -OCH3 is 1. The molecule has 1 aromatic heterocycles. The Bertz CT molecular complexity index is 380.